The lowest BCUT2D eigenvalue weighted by Gasteiger charge is -2.29. The summed E-state index contributed by atoms with van der Waals surface area (Å²) < 4.78 is 0. The number of carbonyl (C=O) groups excluding carboxylic acids is 2. The van der Waals surface area contributed by atoms with Crippen molar-refractivity contribution in [1.82, 2.24) is 20.1 Å². The summed E-state index contributed by atoms with van der Waals surface area (Å²) in [5.74, 6) is -0.0534. The summed E-state index contributed by atoms with van der Waals surface area (Å²) >= 11 is 0. The monoisotopic (exact) mass is 581 g/mol. The summed E-state index contributed by atoms with van der Waals surface area (Å²) in [5, 5.41) is 3.15. The van der Waals surface area contributed by atoms with Crippen LogP contribution in [0.3, 0.4) is 0 Å². The van der Waals surface area contributed by atoms with Crippen molar-refractivity contribution in [3.63, 3.8) is 0 Å². The van der Waals surface area contributed by atoms with Crippen molar-refractivity contribution in [2.45, 2.75) is 84.5 Å². The van der Waals surface area contributed by atoms with Gasteiger partial charge in [-0.2, -0.15) is 0 Å². The number of hydrogen-bond donors (Lipinski definition) is 1. The molecule has 1 aromatic heterocycles. The number of benzene rings is 2. The Balaban J connectivity index is 1.33. The van der Waals surface area contributed by atoms with E-state index in [1.165, 1.54) is 50.8 Å². The molecule has 1 saturated heterocycles. The molecule has 7 heteroatoms. The largest absolute Gasteiger partial charge is 0.348 e. The Labute approximate surface area is 257 Å². The fraction of sp³-hybridized carbons (Fsp3) is 0.472. The highest BCUT2D eigenvalue weighted by Gasteiger charge is 2.20. The molecule has 0 saturated carbocycles. The molecule has 0 bridgehead atoms. The van der Waals surface area contributed by atoms with Gasteiger partial charge in [-0.25, -0.2) is 0 Å². The highest BCUT2D eigenvalue weighted by Crippen LogP contribution is 2.27. The van der Waals surface area contributed by atoms with E-state index in [1.54, 1.807) is 13.1 Å². The van der Waals surface area contributed by atoms with Crippen LogP contribution in [0.5, 0.6) is 0 Å². The highest BCUT2D eigenvalue weighted by atomic mass is 16.2. The van der Waals surface area contributed by atoms with Crippen LogP contribution in [0.2, 0.25) is 0 Å². The molecular formula is C36H47N5O2. The highest BCUT2D eigenvalue weighted by molar-refractivity contribution is 5.97. The first-order valence-electron chi connectivity index (χ1n) is 16.2. The Morgan fingerprint density at radius 3 is 2.19 bits per heavy atom. The number of fused-ring (bicyclic) bond motifs is 1. The van der Waals surface area contributed by atoms with Crippen LogP contribution in [-0.4, -0.2) is 52.8 Å². The first kappa shape index (κ1) is 30.9. The van der Waals surface area contributed by atoms with Crippen molar-refractivity contribution in [1.29, 1.82) is 0 Å². The Hall–Kier alpha value is -3.55. The normalized spacial score (nSPS) is 17.4. The molecule has 1 N–H and O–H groups in total. The lowest BCUT2D eigenvalue weighted by Crippen LogP contribution is -2.33. The average molecular weight is 582 g/mol. The third-order valence-corrected chi connectivity index (χ3v) is 8.69. The van der Waals surface area contributed by atoms with E-state index in [1.807, 2.05) is 35.4 Å². The molecule has 0 atom stereocenters. The Morgan fingerprint density at radius 1 is 0.744 bits per heavy atom. The molecule has 2 aliphatic heterocycles. The number of pyridine rings is 1. The van der Waals surface area contributed by atoms with Gasteiger partial charge in [0.2, 0.25) is 5.91 Å². The molecule has 3 heterocycles. The number of nitrogens with zero attached hydrogens (tertiary/aromatic N) is 4. The second kappa shape index (κ2) is 15.8. The van der Waals surface area contributed by atoms with E-state index in [0.29, 0.717) is 25.2 Å². The molecular weight excluding hydrogens is 534 g/mol. The third kappa shape index (κ3) is 9.22. The molecule has 0 spiro atoms. The fourth-order valence-corrected chi connectivity index (χ4v) is 6.40. The number of anilines is 1. The number of hydrogen-bond acceptors (Lipinski definition) is 5. The van der Waals surface area contributed by atoms with Crippen LogP contribution in [0.15, 0.2) is 67.0 Å². The van der Waals surface area contributed by atoms with Crippen LogP contribution in [-0.2, 0) is 31.0 Å². The predicted molar refractivity (Wildman–Crippen MR) is 173 cm³/mol. The maximum Gasteiger partial charge on any atom is 0.251 e. The van der Waals surface area contributed by atoms with E-state index < -0.39 is 0 Å². The number of piperidine rings is 1. The smallest absolute Gasteiger partial charge is 0.251 e. The number of nitrogens with one attached hydrogen (secondary N) is 1. The first-order valence-corrected chi connectivity index (χ1v) is 16.2. The average Bonchev–Trinajstić information content (AvgIpc) is 3.02. The zero-order valence-corrected chi connectivity index (χ0v) is 25.8. The zero-order valence-electron chi connectivity index (χ0n) is 25.8. The molecule has 228 valence electrons. The second-order valence-corrected chi connectivity index (χ2v) is 12.2. The minimum atomic E-state index is -0.0939. The lowest BCUT2D eigenvalue weighted by atomic mass is 10.0. The van der Waals surface area contributed by atoms with Gasteiger partial charge >= 0.3 is 0 Å². The van der Waals surface area contributed by atoms with Crippen molar-refractivity contribution in [2.75, 3.05) is 31.1 Å². The summed E-state index contributed by atoms with van der Waals surface area (Å²) in [5.41, 5.74) is 6.12. The Kier molecular flexibility index (Phi) is 11.3. The fourth-order valence-electron chi connectivity index (χ4n) is 6.40. The maximum atomic E-state index is 13.4. The third-order valence-electron chi connectivity index (χ3n) is 8.69. The zero-order chi connectivity index (χ0) is 29.9. The van der Waals surface area contributed by atoms with Gasteiger partial charge in [-0.15, -0.1) is 0 Å². The molecule has 7 nitrogen and oxygen atoms in total. The van der Waals surface area contributed by atoms with Gasteiger partial charge in [-0.05, 0) is 91.8 Å². The number of carbonyl (C=O) groups is 2. The molecule has 2 amide bonds. The Morgan fingerprint density at radius 2 is 1.42 bits per heavy atom. The van der Waals surface area contributed by atoms with Crippen molar-refractivity contribution < 1.29 is 9.59 Å². The van der Waals surface area contributed by atoms with Crippen LogP contribution in [0.1, 0.15) is 90.9 Å². The van der Waals surface area contributed by atoms with Gasteiger partial charge < -0.3 is 10.2 Å². The number of aromatic nitrogens is 1. The van der Waals surface area contributed by atoms with Gasteiger partial charge in [0.25, 0.3) is 5.91 Å². The summed E-state index contributed by atoms with van der Waals surface area (Å²) in [6.07, 6.45) is 13.2. The quantitative estimate of drug-likeness (QED) is 0.354. The van der Waals surface area contributed by atoms with Gasteiger partial charge in [-0.1, -0.05) is 56.0 Å². The summed E-state index contributed by atoms with van der Waals surface area (Å²) in [4.78, 5) is 37.4. The van der Waals surface area contributed by atoms with Gasteiger partial charge in [0.1, 0.15) is 0 Å². The molecule has 43 heavy (non-hydrogen) atoms. The molecule has 1 fully saturated rings. The van der Waals surface area contributed by atoms with Crippen LogP contribution in [0, 0.1) is 0 Å². The van der Waals surface area contributed by atoms with Crippen LogP contribution < -0.4 is 10.2 Å². The van der Waals surface area contributed by atoms with Gasteiger partial charge in [0.15, 0.2) is 0 Å². The van der Waals surface area contributed by atoms with E-state index in [4.69, 9.17) is 0 Å². The van der Waals surface area contributed by atoms with Crippen LogP contribution >= 0.6 is 0 Å². The SMILES string of the molecule is CC(=O)N1CCCCCCCN(Cc2cccnc2)Cc2cc(C(=O)NCc3cccc(CN4CCCCC4)c3)ccc21. The molecule has 3 aromatic rings. The van der Waals surface area contributed by atoms with Crippen molar-refractivity contribution in [3.8, 4) is 0 Å². The molecule has 2 aromatic carbocycles. The van der Waals surface area contributed by atoms with Crippen LogP contribution in [0.25, 0.3) is 0 Å². The topological polar surface area (TPSA) is 68.8 Å². The van der Waals surface area contributed by atoms with E-state index in [-0.39, 0.29) is 11.8 Å². The maximum absolute atomic E-state index is 13.4. The molecule has 0 radical (unpaired) electrons. The Bertz CT molecular complexity index is 1340. The van der Waals surface area contributed by atoms with E-state index in [2.05, 4.69) is 50.4 Å². The molecule has 0 unspecified atom stereocenters. The van der Waals surface area contributed by atoms with Gasteiger partial charge in [-0.3, -0.25) is 24.4 Å². The second-order valence-electron chi connectivity index (χ2n) is 12.2. The van der Waals surface area contributed by atoms with Crippen molar-refractivity contribution in [2.24, 2.45) is 0 Å². The van der Waals surface area contributed by atoms with E-state index in [9.17, 15) is 9.59 Å². The van der Waals surface area contributed by atoms with E-state index >= 15 is 0 Å². The predicted octanol–water partition coefficient (Wildman–Crippen LogP) is 6.32. The summed E-state index contributed by atoms with van der Waals surface area (Å²) in [6.45, 7) is 8.52. The number of likely N-dealkylation sites (tertiary alicyclic amines) is 1. The molecule has 2 aliphatic rings. The number of rotatable bonds is 7. The molecule has 0 aliphatic carbocycles. The standard InChI is InChI=1S/C36H47N5O2/c1-29(42)41-21-9-4-2-3-6-20-40(27-32-14-11-17-37-24-32)28-34-23-33(15-16-35(34)41)36(43)38-25-30-12-10-13-31(22-30)26-39-18-7-5-8-19-39/h10-17,22-24H,2-9,18-21,25-28H2,1H3,(H,38,43). The molecule has 5 rings (SSSR count). The summed E-state index contributed by atoms with van der Waals surface area (Å²) in [7, 11) is 0. The minimum Gasteiger partial charge on any atom is -0.348 e. The number of amides is 2. The lowest BCUT2D eigenvalue weighted by molar-refractivity contribution is -0.116. The first-order chi connectivity index (χ1) is 21.0. The minimum absolute atomic E-state index is 0.0405. The van der Waals surface area contributed by atoms with Gasteiger partial charge in [0, 0.05) is 63.3 Å². The summed E-state index contributed by atoms with van der Waals surface area (Å²) in [6, 6.07) is 18.5. The van der Waals surface area contributed by atoms with Gasteiger partial charge in [0.05, 0.1) is 0 Å². The van der Waals surface area contributed by atoms with Crippen molar-refractivity contribution >= 4 is 17.5 Å². The van der Waals surface area contributed by atoms with E-state index in [0.717, 1.165) is 61.3 Å². The van der Waals surface area contributed by atoms with Crippen molar-refractivity contribution in [3.05, 3.63) is 94.8 Å². The van der Waals surface area contributed by atoms with Crippen LogP contribution in [0.4, 0.5) is 5.69 Å².